The Bertz CT molecular complexity index is 232. The van der Waals surface area contributed by atoms with Crippen molar-refractivity contribution in [3.8, 4) is 0 Å². The number of hydrogen-bond acceptors (Lipinski definition) is 1. The molecule has 3 aliphatic carbocycles. The molecule has 0 saturated heterocycles. The fraction of sp³-hybridized carbons (Fsp3) is 1.00. The lowest BCUT2D eigenvalue weighted by Crippen LogP contribution is -2.28. The first-order valence-electron chi connectivity index (χ1n) is 7.51. The number of hydrogen-bond donors (Lipinski definition) is 1. The Labute approximate surface area is 99.6 Å². The molecule has 0 aromatic carbocycles. The standard InChI is InChI=1S/C15H26O/c16-15(10-11-4-2-1-3-5-11)14-9-12-6-7-13(14)8-12/h11-16H,1-10H2. The van der Waals surface area contributed by atoms with Crippen LogP contribution in [-0.2, 0) is 0 Å². The normalized spacial score (nSPS) is 41.4. The summed E-state index contributed by atoms with van der Waals surface area (Å²) in [5.74, 6) is 3.41. The van der Waals surface area contributed by atoms with Crippen LogP contribution in [0.2, 0.25) is 0 Å². The third-order valence-electron chi connectivity index (χ3n) is 5.59. The number of fused-ring (bicyclic) bond motifs is 2. The zero-order valence-corrected chi connectivity index (χ0v) is 10.4. The van der Waals surface area contributed by atoms with Crippen LogP contribution < -0.4 is 0 Å². The molecule has 1 heteroatoms. The van der Waals surface area contributed by atoms with Crippen LogP contribution >= 0.6 is 0 Å². The molecule has 3 aliphatic rings. The van der Waals surface area contributed by atoms with Crippen LogP contribution in [0.1, 0.15) is 64.2 Å². The molecule has 4 atom stereocenters. The zero-order chi connectivity index (χ0) is 11.0. The predicted molar refractivity (Wildman–Crippen MR) is 66.1 cm³/mol. The highest BCUT2D eigenvalue weighted by Crippen LogP contribution is 2.50. The van der Waals surface area contributed by atoms with E-state index in [-0.39, 0.29) is 6.10 Å². The molecule has 1 nitrogen and oxygen atoms in total. The van der Waals surface area contributed by atoms with Crippen molar-refractivity contribution in [1.29, 1.82) is 0 Å². The lowest BCUT2D eigenvalue weighted by Gasteiger charge is -2.31. The molecule has 0 heterocycles. The fourth-order valence-corrected chi connectivity index (χ4v) is 4.70. The van der Waals surface area contributed by atoms with Gasteiger partial charge < -0.3 is 5.11 Å². The fourth-order valence-electron chi connectivity index (χ4n) is 4.70. The summed E-state index contributed by atoms with van der Waals surface area (Å²) in [4.78, 5) is 0. The summed E-state index contributed by atoms with van der Waals surface area (Å²) >= 11 is 0. The third kappa shape index (κ3) is 2.16. The van der Waals surface area contributed by atoms with Crippen LogP contribution in [0, 0.1) is 23.7 Å². The minimum atomic E-state index is 0.0402. The maximum Gasteiger partial charge on any atom is 0.0573 e. The monoisotopic (exact) mass is 222 g/mol. The summed E-state index contributed by atoms with van der Waals surface area (Å²) in [7, 11) is 0. The van der Waals surface area contributed by atoms with E-state index in [0.29, 0.717) is 5.92 Å². The Morgan fingerprint density at radius 1 is 0.938 bits per heavy atom. The van der Waals surface area contributed by atoms with Crippen molar-refractivity contribution in [3.63, 3.8) is 0 Å². The van der Waals surface area contributed by atoms with Gasteiger partial charge in [-0.15, -0.1) is 0 Å². The van der Waals surface area contributed by atoms with E-state index < -0.39 is 0 Å². The largest absolute Gasteiger partial charge is 0.393 e. The topological polar surface area (TPSA) is 20.2 Å². The van der Waals surface area contributed by atoms with E-state index >= 15 is 0 Å². The highest BCUT2D eigenvalue weighted by atomic mass is 16.3. The van der Waals surface area contributed by atoms with Crippen molar-refractivity contribution in [3.05, 3.63) is 0 Å². The van der Waals surface area contributed by atoms with Gasteiger partial charge in [-0.3, -0.25) is 0 Å². The van der Waals surface area contributed by atoms with Gasteiger partial charge in [-0.05, 0) is 49.4 Å². The average Bonchev–Trinajstić information content (AvgIpc) is 2.92. The minimum absolute atomic E-state index is 0.0402. The van der Waals surface area contributed by atoms with Gasteiger partial charge in [0.25, 0.3) is 0 Å². The van der Waals surface area contributed by atoms with Gasteiger partial charge in [0.1, 0.15) is 0 Å². The number of aliphatic hydroxyl groups is 1. The second-order valence-electron chi connectivity index (χ2n) is 6.65. The molecule has 92 valence electrons. The van der Waals surface area contributed by atoms with Crippen molar-refractivity contribution in [2.75, 3.05) is 0 Å². The second kappa shape index (κ2) is 4.68. The molecule has 0 aliphatic heterocycles. The molecule has 0 aromatic rings. The Kier molecular flexibility index (Phi) is 3.24. The van der Waals surface area contributed by atoms with E-state index in [0.717, 1.165) is 24.2 Å². The van der Waals surface area contributed by atoms with Crippen molar-refractivity contribution in [1.82, 2.24) is 0 Å². The van der Waals surface area contributed by atoms with Crippen LogP contribution in [0.3, 0.4) is 0 Å². The van der Waals surface area contributed by atoms with Gasteiger partial charge in [-0.1, -0.05) is 38.5 Å². The Hall–Kier alpha value is -0.0400. The van der Waals surface area contributed by atoms with Crippen LogP contribution in [-0.4, -0.2) is 11.2 Å². The SMILES string of the molecule is OC(CC1CCCCC1)C1CC2CCC1C2. The van der Waals surface area contributed by atoms with E-state index in [2.05, 4.69) is 0 Å². The molecule has 3 rings (SSSR count). The Morgan fingerprint density at radius 3 is 2.38 bits per heavy atom. The van der Waals surface area contributed by atoms with Crippen LogP contribution in [0.15, 0.2) is 0 Å². The van der Waals surface area contributed by atoms with Gasteiger partial charge in [0.15, 0.2) is 0 Å². The molecule has 4 unspecified atom stereocenters. The quantitative estimate of drug-likeness (QED) is 0.771. The Balaban J connectivity index is 1.51. The van der Waals surface area contributed by atoms with E-state index in [9.17, 15) is 5.11 Å². The molecule has 1 N–H and O–H groups in total. The first kappa shape index (κ1) is 11.1. The first-order valence-corrected chi connectivity index (χ1v) is 7.51. The van der Waals surface area contributed by atoms with E-state index in [4.69, 9.17) is 0 Å². The smallest absolute Gasteiger partial charge is 0.0573 e. The molecular weight excluding hydrogens is 196 g/mol. The molecule has 0 amide bonds. The lowest BCUT2D eigenvalue weighted by molar-refractivity contribution is 0.0477. The summed E-state index contributed by atoms with van der Waals surface area (Å²) in [5, 5.41) is 10.4. The van der Waals surface area contributed by atoms with Gasteiger partial charge in [0, 0.05) is 0 Å². The van der Waals surface area contributed by atoms with E-state index in [1.165, 1.54) is 57.8 Å². The summed E-state index contributed by atoms with van der Waals surface area (Å²) in [5.41, 5.74) is 0. The Morgan fingerprint density at radius 2 is 1.75 bits per heavy atom. The third-order valence-corrected chi connectivity index (χ3v) is 5.59. The average molecular weight is 222 g/mol. The molecule has 0 spiro atoms. The summed E-state index contributed by atoms with van der Waals surface area (Å²) in [6.07, 6.45) is 13.8. The van der Waals surface area contributed by atoms with Crippen molar-refractivity contribution in [2.24, 2.45) is 23.7 Å². The van der Waals surface area contributed by atoms with Crippen LogP contribution in [0.4, 0.5) is 0 Å². The van der Waals surface area contributed by atoms with Gasteiger partial charge in [-0.2, -0.15) is 0 Å². The highest BCUT2D eigenvalue weighted by Gasteiger charge is 2.42. The van der Waals surface area contributed by atoms with Crippen molar-refractivity contribution < 1.29 is 5.11 Å². The second-order valence-corrected chi connectivity index (χ2v) is 6.65. The van der Waals surface area contributed by atoms with Crippen molar-refractivity contribution >= 4 is 0 Å². The van der Waals surface area contributed by atoms with E-state index in [1.54, 1.807) is 0 Å². The predicted octanol–water partition coefficient (Wildman–Crippen LogP) is 3.75. The van der Waals surface area contributed by atoms with Crippen LogP contribution in [0.25, 0.3) is 0 Å². The lowest BCUT2D eigenvalue weighted by atomic mass is 9.78. The van der Waals surface area contributed by atoms with Crippen LogP contribution in [0.5, 0.6) is 0 Å². The molecule has 16 heavy (non-hydrogen) atoms. The van der Waals surface area contributed by atoms with Crippen molar-refractivity contribution in [2.45, 2.75) is 70.3 Å². The van der Waals surface area contributed by atoms with Gasteiger partial charge in [0.05, 0.1) is 6.10 Å². The molecular formula is C15H26O. The van der Waals surface area contributed by atoms with Gasteiger partial charge in [0.2, 0.25) is 0 Å². The summed E-state index contributed by atoms with van der Waals surface area (Å²) in [6.45, 7) is 0. The molecule has 0 radical (unpaired) electrons. The summed E-state index contributed by atoms with van der Waals surface area (Å²) < 4.78 is 0. The molecule has 3 fully saturated rings. The highest BCUT2D eigenvalue weighted by molar-refractivity contribution is 4.93. The maximum absolute atomic E-state index is 10.4. The number of rotatable bonds is 3. The van der Waals surface area contributed by atoms with Gasteiger partial charge >= 0.3 is 0 Å². The minimum Gasteiger partial charge on any atom is -0.393 e. The molecule has 3 saturated carbocycles. The number of aliphatic hydroxyl groups excluding tert-OH is 1. The first-order chi connectivity index (χ1) is 7.83. The van der Waals surface area contributed by atoms with E-state index in [1.807, 2.05) is 0 Å². The zero-order valence-electron chi connectivity index (χ0n) is 10.4. The van der Waals surface area contributed by atoms with Gasteiger partial charge in [-0.25, -0.2) is 0 Å². The molecule has 0 aromatic heterocycles. The summed E-state index contributed by atoms with van der Waals surface area (Å²) in [6, 6.07) is 0. The molecule has 2 bridgehead atoms. The maximum atomic E-state index is 10.4.